The van der Waals surface area contributed by atoms with Gasteiger partial charge in [-0.25, -0.2) is 0 Å². The number of phenols is 1. The van der Waals surface area contributed by atoms with Crippen molar-refractivity contribution in [1.29, 1.82) is 0 Å². The van der Waals surface area contributed by atoms with Gasteiger partial charge in [0.15, 0.2) is 63.8 Å². The highest BCUT2D eigenvalue weighted by Crippen LogP contribution is 2.59. The van der Waals surface area contributed by atoms with Crippen LogP contribution in [0.2, 0.25) is 132 Å². The molecule has 5 N–H and O–H groups in total. The first-order chi connectivity index (χ1) is 46.4. The minimum atomic E-state index is -4.50. The van der Waals surface area contributed by atoms with Crippen LogP contribution in [0.15, 0.2) is 48.5 Å². The number of halogens is 3. The van der Waals surface area contributed by atoms with Crippen molar-refractivity contribution in [3.05, 3.63) is 59.7 Å². The van der Waals surface area contributed by atoms with E-state index >= 15 is 0 Å². The number of rotatable bonds is 25. The molecule has 0 radical (unpaired) electrons. The summed E-state index contributed by atoms with van der Waals surface area (Å²) < 4.78 is 82.7. The van der Waals surface area contributed by atoms with Gasteiger partial charge in [0.1, 0.15) is 11.5 Å². The second-order valence-corrected chi connectivity index (χ2v) is 64.9. The van der Waals surface area contributed by atoms with Crippen LogP contribution in [0.5, 0.6) is 11.5 Å². The lowest BCUT2D eigenvalue weighted by Gasteiger charge is -2.35. The van der Waals surface area contributed by atoms with E-state index in [1.165, 1.54) is 103 Å². The van der Waals surface area contributed by atoms with Gasteiger partial charge in [-0.1, -0.05) is 161 Å². The molecular formula is C90H207F3O15Si7. The van der Waals surface area contributed by atoms with Crippen LogP contribution in [0.3, 0.4) is 0 Å². The van der Waals surface area contributed by atoms with E-state index in [1.54, 1.807) is 40.6 Å². The Bertz CT molecular complexity index is 2490. The number of aliphatic hydroxyl groups excluding tert-OH is 2. The number of ether oxygens (including phenoxy) is 2. The van der Waals surface area contributed by atoms with Gasteiger partial charge in [0, 0.05) is 69.9 Å². The molecule has 2 aromatic carbocycles. The minimum absolute atomic E-state index is 0. The van der Waals surface area contributed by atoms with Crippen LogP contribution in [-0.2, 0) is 53.4 Å². The van der Waals surface area contributed by atoms with Gasteiger partial charge < -0.3 is 66.0 Å². The smallest absolute Gasteiger partial charge is 0.416 e. The van der Waals surface area contributed by atoms with Crippen molar-refractivity contribution in [2.45, 2.75) is 391 Å². The topological polar surface area (TPSA) is 201 Å². The molecule has 0 saturated heterocycles. The molecule has 2 aromatic rings. The molecule has 6 aliphatic rings. The molecule has 6 fully saturated rings. The minimum Gasteiger partial charge on any atom is -0.508 e. The monoisotopic (exact) mass is 1780 g/mol. The Hall–Kier alpha value is -1.62. The molecule has 0 amide bonds. The second-order valence-electron chi connectivity index (χ2n) is 34.1. The van der Waals surface area contributed by atoms with Gasteiger partial charge >= 0.3 is 12.1 Å². The highest BCUT2D eigenvalue weighted by molar-refractivity contribution is 6.74. The third-order valence-corrected chi connectivity index (χ3v) is 44.1. The largest absolute Gasteiger partial charge is 0.508 e. The summed E-state index contributed by atoms with van der Waals surface area (Å²) in [7, 11) is 6.20. The van der Waals surface area contributed by atoms with Crippen molar-refractivity contribution in [3.63, 3.8) is 0 Å². The summed E-state index contributed by atoms with van der Waals surface area (Å²) in [6.45, 7) is 39.6. The molecule has 115 heavy (non-hydrogen) atoms. The van der Waals surface area contributed by atoms with E-state index in [4.69, 9.17) is 51.0 Å². The Morgan fingerprint density at radius 3 is 0.983 bits per heavy atom. The molecule has 15 nitrogen and oxygen atoms in total. The zero-order valence-corrected chi connectivity index (χ0v) is 75.9. The number of benzene rings is 2. The van der Waals surface area contributed by atoms with Crippen LogP contribution in [0.1, 0.15) is 240 Å². The highest BCUT2D eigenvalue weighted by Gasteiger charge is 2.53. The van der Waals surface area contributed by atoms with Crippen LogP contribution < -0.4 is 4.74 Å². The molecule has 6 bridgehead atoms. The molecule has 0 spiro atoms. The zero-order chi connectivity index (χ0) is 78.2. The standard InChI is InChI=1S/C12H20O2Si.C11H22O2Si.C11H18O2Si.2C10H20OSi.C8H20O2Si.C6H16O2Si.C5H9F3O.C3H6O2.14CH4/c1-13-12-7-5-11(6-8-12)9-10-15(3,4)14-2;1-13-14(2,3)11-6-8-4-9(11)5-10(8)7-12;1-13-14(2,3)9-8-10-4-6-11(12)7-5-10;2*1-11-12(2,3)10-7-8-4-5-9(10)6-8;1-8(2,9)6-7-11(4,5)10-3;1-8-9(2,3)6-4-5-7;1-3-4(2,9)5(6,7)8;1-3(4)5-2;;;;;;;;;;;;;;/h5-8H,9-10H2,1-4H3;8-12H,4-7H2,1-3H3;4-7,12H,8-9H2,1-3H3;2*8-10H,4-7H2,1-3H3;9H,6-7H2,1-5H3;7H,4-6H2,1-3H3;9H,3H2,1-2H3;1-2H3;14*1H4. The van der Waals surface area contributed by atoms with Gasteiger partial charge in [0.2, 0.25) is 0 Å². The van der Waals surface area contributed by atoms with Gasteiger partial charge in [0.05, 0.1) is 19.8 Å². The van der Waals surface area contributed by atoms with Crippen LogP contribution in [0, 0.1) is 41.4 Å². The molecule has 11 atom stereocenters. The van der Waals surface area contributed by atoms with Gasteiger partial charge in [-0.05, 0) is 307 Å². The number of methoxy groups -OCH3 is 2. The van der Waals surface area contributed by atoms with Crippen LogP contribution in [0.4, 0.5) is 13.2 Å². The van der Waals surface area contributed by atoms with Gasteiger partial charge in [0.25, 0.3) is 0 Å². The summed E-state index contributed by atoms with van der Waals surface area (Å²) in [4.78, 5) is 9.59. The number of hydrogen-bond donors (Lipinski definition) is 5. The summed E-state index contributed by atoms with van der Waals surface area (Å²) >= 11 is 0. The molecule has 0 heterocycles. The van der Waals surface area contributed by atoms with E-state index in [2.05, 4.69) is 109 Å². The molecule has 706 valence electrons. The number of esters is 1. The fraction of sp³-hybridized carbons (Fsp3) is 0.856. The third-order valence-electron chi connectivity index (χ3n) is 23.2. The molecule has 6 saturated carbocycles. The predicted octanol–water partition coefficient (Wildman–Crippen LogP) is 28.2. The number of alkyl halides is 3. The average Bonchev–Trinajstić information content (AvgIpc) is 1.63. The van der Waals surface area contributed by atoms with Gasteiger partial charge in [-0.15, -0.1) is 0 Å². The van der Waals surface area contributed by atoms with Crippen LogP contribution >= 0.6 is 0 Å². The number of aromatic hydroxyl groups is 1. The lowest BCUT2D eigenvalue weighted by Crippen LogP contribution is -2.41. The summed E-state index contributed by atoms with van der Waals surface area (Å²) in [6, 6.07) is 20.0. The fourth-order valence-corrected chi connectivity index (χ4v) is 26.9. The summed E-state index contributed by atoms with van der Waals surface area (Å²) in [5, 5.41) is 44.8. The Balaban J connectivity index is -0.0000000748. The maximum absolute atomic E-state index is 11.6. The second kappa shape index (κ2) is 68.8. The Labute approximate surface area is 724 Å². The number of carbonyl (C=O) groups is 1. The van der Waals surface area contributed by atoms with Crippen LogP contribution in [-0.4, -0.2) is 184 Å². The SMILES string of the molecule is C.C.C.C.C.C.C.C.C.C.C.C.C.C.CCC(C)(O)C(F)(F)F.COC(C)=O.CO[Si](C)(C)C1CC2CC1CC2CO.CO[Si](C)(C)C1CC2CCC1C2.CO[Si](C)(C)C1CC2CCC1C2.CO[Si](C)(C)CCC(C)(C)O.CO[Si](C)(C)CCCO.CO[Si](C)(C)CCc1ccc(O)cc1.COc1ccc(CC[Si](C)(C)OC)cc1. The Kier molecular flexibility index (Phi) is 88.5. The molecule has 0 aliphatic heterocycles. The van der Waals surface area contributed by atoms with Gasteiger partial charge in [-0.3, -0.25) is 4.79 Å². The van der Waals surface area contributed by atoms with Crippen molar-refractivity contribution < 1.29 is 84.0 Å². The third kappa shape index (κ3) is 58.2. The average molecular weight is 1780 g/mol. The number of phenolic OH excluding ortho intramolecular Hbond substituents is 1. The molecular weight excluding hydrogens is 1570 g/mol. The molecule has 0 aromatic heterocycles. The van der Waals surface area contributed by atoms with E-state index in [0.717, 1.165) is 115 Å². The number of hydrogen-bond acceptors (Lipinski definition) is 15. The maximum atomic E-state index is 11.6. The zero-order valence-electron chi connectivity index (χ0n) is 68.9. The highest BCUT2D eigenvalue weighted by atomic mass is 28.4. The van der Waals surface area contributed by atoms with E-state index in [0.29, 0.717) is 24.9 Å². The normalized spacial score (nSPS) is 20.6. The fourth-order valence-electron chi connectivity index (χ4n) is 14.2. The summed E-state index contributed by atoms with van der Waals surface area (Å²) in [5.74, 6) is 7.50. The molecule has 11 unspecified atom stereocenters. The van der Waals surface area contributed by atoms with E-state index in [9.17, 15) is 28.2 Å². The van der Waals surface area contributed by atoms with Crippen molar-refractivity contribution in [1.82, 2.24) is 0 Å². The van der Waals surface area contributed by atoms with E-state index in [1.807, 2.05) is 66.6 Å². The quantitative estimate of drug-likeness (QED) is 0.0464. The molecule has 25 heteroatoms. The lowest BCUT2D eigenvalue weighted by molar-refractivity contribution is -0.253. The van der Waals surface area contributed by atoms with E-state index in [-0.39, 0.29) is 116 Å². The van der Waals surface area contributed by atoms with Crippen molar-refractivity contribution in [2.75, 3.05) is 77.2 Å². The summed E-state index contributed by atoms with van der Waals surface area (Å²) in [5.41, 5.74) is 2.35. The predicted molar refractivity (Wildman–Crippen MR) is 524 cm³/mol. The molecule has 8 rings (SSSR count). The number of fused-ring (bicyclic) bond motifs is 6. The number of aliphatic hydroxyl groups is 4. The first-order valence-electron chi connectivity index (χ1n) is 37.5. The van der Waals surface area contributed by atoms with E-state index < -0.39 is 75.6 Å². The van der Waals surface area contributed by atoms with Crippen LogP contribution in [0.25, 0.3) is 0 Å². The summed E-state index contributed by atoms with van der Waals surface area (Å²) in [6.07, 6.45) is 15.0. The first-order valence-corrected chi connectivity index (χ1v) is 58.9. The molecule has 6 aliphatic carbocycles. The number of aryl methyl sites for hydroxylation is 2. The van der Waals surface area contributed by atoms with Crippen molar-refractivity contribution in [2.24, 2.45) is 41.4 Å². The number of carbonyl (C=O) groups excluding carboxylic acids is 1. The Morgan fingerprint density at radius 1 is 0.435 bits per heavy atom. The van der Waals surface area contributed by atoms with Crippen molar-refractivity contribution >= 4 is 64.2 Å². The Morgan fingerprint density at radius 2 is 0.757 bits per heavy atom. The first kappa shape index (κ1) is 148. The van der Waals surface area contributed by atoms with Gasteiger partial charge in [-0.2, -0.15) is 13.2 Å². The van der Waals surface area contributed by atoms with Crippen molar-refractivity contribution in [3.8, 4) is 11.5 Å². The maximum Gasteiger partial charge on any atom is 0.416 e. The lowest BCUT2D eigenvalue weighted by atomic mass is 9.89.